The minimum Gasteiger partial charge on any atom is -0.502 e. The third kappa shape index (κ3) is 2.58. The van der Waals surface area contributed by atoms with Crippen molar-refractivity contribution in [3.8, 4) is 29.2 Å². The molecule has 0 amide bonds. The Labute approximate surface area is 150 Å². The molecule has 0 bridgehead atoms. The van der Waals surface area contributed by atoms with Crippen LogP contribution in [0.25, 0.3) is 0 Å². The van der Waals surface area contributed by atoms with Crippen LogP contribution >= 0.6 is 0 Å². The second-order valence-corrected chi connectivity index (χ2v) is 6.21. The number of nitriles is 1. The van der Waals surface area contributed by atoms with Crippen LogP contribution in [0.15, 0.2) is 23.6 Å². The van der Waals surface area contributed by atoms with Crippen molar-refractivity contribution in [2.75, 3.05) is 14.2 Å². The van der Waals surface area contributed by atoms with Crippen LogP contribution in [0, 0.1) is 11.3 Å². The quantitative estimate of drug-likeness (QED) is 0.768. The van der Waals surface area contributed by atoms with E-state index in [-0.39, 0.29) is 34.6 Å². The highest BCUT2D eigenvalue weighted by atomic mass is 16.5. The maximum absolute atomic E-state index is 10.2. The lowest BCUT2D eigenvalue weighted by atomic mass is 9.82. The molecule has 3 rings (SSSR count). The molecule has 1 aliphatic heterocycles. The van der Waals surface area contributed by atoms with E-state index in [1.54, 1.807) is 12.1 Å². The van der Waals surface area contributed by atoms with E-state index in [1.807, 2.05) is 13.8 Å². The first-order chi connectivity index (χ1) is 12.4. The lowest BCUT2D eigenvalue weighted by Crippen LogP contribution is -2.21. The molecule has 0 saturated heterocycles. The molecule has 0 fully saturated rings. The van der Waals surface area contributed by atoms with Gasteiger partial charge in [0.05, 0.1) is 25.7 Å². The highest BCUT2D eigenvalue weighted by Crippen LogP contribution is 2.48. The fraction of sp³-hybridized carbons (Fsp3) is 0.333. The minimum absolute atomic E-state index is 0.00202. The number of phenolic OH excluding ortho intramolecular Hbond substituents is 1. The van der Waals surface area contributed by atoms with Gasteiger partial charge in [-0.2, -0.15) is 5.26 Å². The molecule has 1 aromatic carbocycles. The highest BCUT2D eigenvalue weighted by molar-refractivity contribution is 5.61. The van der Waals surface area contributed by atoms with Crippen molar-refractivity contribution in [1.82, 2.24) is 10.2 Å². The van der Waals surface area contributed by atoms with Crippen molar-refractivity contribution in [3.63, 3.8) is 0 Å². The molecule has 2 aromatic rings. The Morgan fingerprint density at radius 1 is 1.31 bits per heavy atom. The first kappa shape index (κ1) is 17.5. The number of nitrogens with one attached hydrogen (secondary N) is 1. The largest absolute Gasteiger partial charge is 0.502 e. The number of hydrogen-bond donors (Lipinski definition) is 3. The summed E-state index contributed by atoms with van der Waals surface area (Å²) >= 11 is 0. The van der Waals surface area contributed by atoms with Crippen LogP contribution in [0.2, 0.25) is 0 Å². The number of aromatic hydroxyl groups is 1. The van der Waals surface area contributed by atoms with Gasteiger partial charge in [-0.1, -0.05) is 13.8 Å². The molecule has 0 aliphatic carbocycles. The topological polar surface area (TPSA) is 126 Å². The standard InChI is InChI=1S/C18H20N4O4/c1-8(2)15-14-13(10(7-19)17(20)26-18(14)22-21-15)9-5-11(24-3)16(23)12(6-9)25-4/h5-6,8,13,23H,20H2,1-4H3,(H,21,22)/t13-/m0/s1. The molecule has 2 heterocycles. The van der Waals surface area contributed by atoms with Crippen molar-refractivity contribution in [2.24, 2.45) is 5.73 Å². The molecular formula is C18H20N4O4. The first-order valence-electron chi connectivity index (χ1n) is 8.03. The van der Waals surface area contributed by atoms with Crippen molar-refractivity contribution in [2.45, 2.75) is 25.7 Å². The molecule has 1 aliphatic rings. The lowest BCUT2D eigenvalue weighted by Gasteiger charge is -2.25. The number of H-pyrrole nitrogens is 1. The van der Waals surface area contributed by atoms with Gasteiger partial charge in [0.2, 0.25) is 17.5 Å². The molecule has 0 spiro atoms. The van der Waals surface area contributed by atoms with Crippen molar-refractivity contribution < 1.29 is 19.3 Å². The van der Waals surface area contributed by atoms with Crippen molar-refractivity contribution in [3.05, 3.63) is 40.4 Å². The Morgan fingerprint density at radius 2 is 1.92 bits per heavy atom. The van der Waals surface area contributed by atoms with Crippen LogP contribution < -0.4 is 19.9 Å². The molecule has 0 unspecified atom stereocenters. The number of rotatable bonds is 4. The second kappa shape index (κ2) is 6.52. The number of benzene rings is 1. The smallest absolute Gasteiger partial charge is 0.244 e. The van der Waals surface area contributed by atoms with E-state index in [1.165, 1.54) is 14.2 Å². The van der Waals surface area contributed by atoms with E-state index in [0.717, 1.165) is 11.3 Å². The summed E-state index contributed by atoms with van der Waals surface area (Å²) in [5.74, 6) is 0.285. The van der Waals surface area contributed by atoms with Gasteiger partial charge in [-0.05, 0) is 23.6 Å². The summed E-state index contributed by atoms with van der Waals surface area (Å²) < 4.78 is 16.0. The summed E-state index contributed by atoms with van der Waals surface area (Å²) in [6.45, 7) is 4.02. The number of phenols is 1. The average molecular weight is 356 g/mol. The average Bonchev–Trinajstić information content (AvgIpc) is 3.04. The van der Waals surface area contributed by atoms with Crippen LogP contribution in [-0.2, 0) is 0 Å². The van der Waals surface area contributed by atoms with E-state index in [2.05, 4.69) is 16.3 Å². The maximum atomic E-state index is 10.2. The monoisotopic (exact) mass is 356 g/mol. The Bertz CT molecular complexity index is 899. The van der Waals surface area contributed by atoms with Gasteiger partial charge in [-0.25, -0.2) is 0 Å². The number of fused-ring (bicyclic) bond motifs is 1. The Hall–Kier alpha value is -3.34. The van der Waals surface area contributed by atoms with E-state index in [9.17, 15) is 10.4 Å². The number of aromatic nitrogens is 2. The molecule has 136 valence electrons. The zero-order valence-electron chi connectivity index (χ0n) is 15.0. The van der Waals surface area contributed by atoms with Crippen LogP contribution in [0.4, 0.5) is 0 Å². The Balaban J connectivity index is 2.30. The molecule has 26 heavy (non-hydrogen) atoms. The summed E-state index contributed by atoms with van der Waals surface area (Å²) in [5, 5.41) is 27.0. The van der Waals surface area contributed by atoms with E-state index in [4.69, 9.17) is 19.9 Å². The van der Waals surface area contributed by atoms with Crippen LogP contribution in [0.1, 0.15) is 42.5 Å². The van der Waals surface area contributed by atoms with E-state index >= 15 is 0 Å². The molecule has 4 N–H and O–H groups in total. The van der Waals surface area contributed by atoms with Crippen LogP contribution in [0.3, 0.4) is 0 Å². The fourth-order valence-electron chi connectivity index (χ4n) is 3.12. The number of ether oxygens (including phenoxy) is 3. The normalized spacial score (nSPS) is 16.1. The Morgan fingerprint density at radius 3 is 2.42 bits per heavy atom. The van der Waals surface area contributed by atoms with Crippen molar-refractivity contribution in [1.29, 1.82) is 5.26 Å². The fourth-order valence-corrected chi connectivity index (χ4v) is 3.12. The zero-order chi connectivity index (χ0) is 19.0. The first-order valence-corrected chi connectivity index (χ1v) is 8.03. The SMILES string of the molecule is COc1cc([C@H]2C(C#N)=C(N)Oc3n[nH]c(C(C)C)c32)cc(OC)c1O. The van der Waals surface area contributed by atoms with E-state index < -0.39 is 5.92 Å². The van der Waals surface area contributed by atoms with E-state index in [0.29, 0.717) is 11.4 Å². The Kier molecular flexibility index (Phi) is 4.38. The molecular weight excluding hydrogens is 336 g/mol. The molecule has 0 saturated carbocycles. The van der Waals surface area contributed by atoms with Gasteiger partial charge >= 0.3 is 0 Å². The van der Waals surface area contributed by atoms with Gasteiger partial charge in [-0.3, -0.25) is 5.10 Å². The third-order valence-electron chi connectivity index (χ3n) is 4.38. The van der Waals surface area contributed by atoms with Gasteiger partial charge < -0.3 is 25.1 Å². The van der Waals surface area contributed by atoms with Gasteiger partial charge in [-0.15, -0.1) is 5.10 Å². The second-order valence-electron chi connectivity index (χ2n) is 6.21. The molecule has 1 aromatic heterocycles. The summed E-state index contributed by atoms with van der Waals surface area (Å²) in [7, 11) is 2.89. The summed E-state index contributed by atoms with van der Waals surface area (Å²) in [6, 6.07) is 5.44. The molecule has 8 nitrogen and oxygen atoms in total. The predicted octanol–water partition coefficient (Wildman–Crippen LogP) is 2.47. The van der Waals surface area contributed by atoms with Gasteiger partial charge in [0, 0.05) is 5.69 Å². The number of nitrogens with zero attached hydrogens (tertiary/aromatic N) is 2. The van der Waals surface area contributed by atoms with Crippen LogP contribution in [-0.4, -0.2) is 29.5 Å². The minimum atomic E-state index is -0.525. The summed E-state index contributed by atoms with van der Waals surface area (Å²) in [5.41, 5.74) is 8.47. The van der Waals surface area contributed by atoms with Gasteiger partial charge in [0.1, 0.15) is 11.6 Å². The maximum Gasteiger partial charge on any atom is 0.244 e. The summed E-state index contributed by atoms with van der Waals surface area (Å²) in [4.78, 5) is 0. The molecule has 8 heteroatoms. The predicted molar refractivity (Wildman–Crippen MR) is 93.2 cm³/mol. The third-order valence-corrected chi connectivity index (χ3v) is 4.38. The number of hydrogen-bond acceptors (Lipinski definition) is 7. The lowest BCUT2D eigenvalue weighted by molar-refractivity contribution is 0.338. The molecule has 0 radical (unpaired) electrons. The number of nitrogens with two attached hydrogens (primary N) is 1. The van der Waals surface area contributed by atoms with Crippen LogP contribution in [0.5, 0.6) is 23.1 Å². The molecule has 1 atom stereocenters. The zero-order valence-corrected chi connectivity index (χ0v) is 15.0. The number of methoxy groups -OCH3 is 2. The van der Waals surface area contributed by atoms with Gasteiger partial charge in [0.25, 0.3) is 0 Å². The summed E-state index contributed by atoms with van der Waals surface area (Å²) in [6.07, 6.45) is 0. The van der Waals surface area contributed by atoms with Crippen molar-refractivity contribution >= 4 is 0 Å². The van der Waals surface area contributed by atoms with Gasteiger partial charge in [0.15, 0.2) is 11.5 Å². The number of aromatic amines is 1. The highest BCUT2D eigenvalue weighted by Gasteiger charge is 2.36. The number of allylic oxidation sites excluding steroid dienone is 1.